The molecule has 1 saturated heterocycles. The summed E-state index contributed by atoms with van der Waals surface area (Å²) < 4.78 is 2.10. The van der Waals surface area contributed by atoms with Crippen LogP contribution < -0.4 is 10.2 Å². The molecule has 0 amide bonds. The van der Waals surface area contributed by atoms with Gasteiger partial charge in [-0.1, -0.05) is 55.2 Å². The van der Waals surface area contributed by atoms with Gasteiger partial charge in [-0.05, 0) is 78.3 Å². The van der Waals surface area contributed by atoms with Crippen LogP contribution in [0.5, 0.6) is 0 Å². The fraction of sp³-hybridized carbons (Fsp3) is 0.185. The molecular weight excluding hydrogens is 483 g/mol. The first-order chi connectivity index (χ1) is 16.4. The van der Waals surface area contributed by atoms with E-state index in [1.54, 1.807) is 6.07 Å². The van der Waals surface area contributed by atoms with Crippen molar-refractivity contribution in [3.8, 4) is 5.69 Å². The predicted octanol–water partition coefficient (Wildman–Crippen LogP) is 7.48. The highest BCUT2D eigenvalue weighted by Crippen LogP contribution is 2.43. The van der Waals surface area contributed by atoms with Crippen molar-refractivity contribution >= 4 is 46.2 Å². The van der Waals surface area contributed by atoms with Crippen LogP contribution in [0.2, 0.25) is 10.0 Å². The van der Waals surface area contributed by atoms with Crippen LogP contribution in [0.25, 0.3) is 5.69 Å². The Labute approximate surface area is 215 Å². The number of nitrogens with one attached hydrogen (secondary N) is 1. The van der Waals surface area contributed by atoms with Crippen molar-refractivity contribution in [1.82, 2.24) is 14.9 Å². The first-order valence-electron chi connectivity index (χ1n) is 11.2. The topological polar surface area (TPSA) is 33.1 Å². The monoisotopic (exact) mass is 506 g/mol. The van der Waals surface area contributed by atoms with Gasteiger partial charge in [-0.2, -0.15) is 0 Å². The Hall–Kier alpha value is -2.86. The summed E-state index contributed by atoms with van der Waals surface area (Å²) in [7, 11) is 0. The van der Waals surface area contributed by atoms with Crippen molar-refractivity contribution in [1.29, 1.82) is 0 Å². The van der Waals surface area contributed by atoms with E-state index >= 15 is 0 Å². The molecule has 2 aromatic carbocycles. The Bertz CT molecular complexity index is 1320. The van der Waals surface area contributed by atoms with Crippen LogP contribution in [0.4, 0.5) is 5.69 Å². The average Bonchev–Trinajstić information content (AvgIpc) is 3.44. The van der Waals surface area contributed by atoms with Gasteiger partial charge in [-0.15, -0.1) is 0 Å². The van der Waals surface area contributed by atoms with E-state index in [4.69, 9.17) is 35.4 Å². The van der Waals surface area contributed by atoms with Crippen molar-refractivity contribution in [2.45, 2.75) is 31.8 Å². The summed E-state index contributed by atoms with van der Waals surface area (Å²) in [6, 6.07) is 24.0. The summed E-state index contributed by atoms with van der Waals surface area (Å²) >= 11 is 18.6. The third-order valence-electron chi connectivity index (χ3n) is 6.19. The Balaban J connectivity index is 1.65. The van der Waals surface area contributed by atoms with E-state index < -0.39 is 0 Å². The van der Waals surface area contributed by atoms with Gasteiger partial charge >= 0.3 is 0 Å². The van der Waals surface area contributed by atoms with E-state index in [0.29, 0.717) is 21.1 Å². The molecule has 1 fully saturated rings. The van der Waals surface area contributed by atoms with Crippen molar-refractivity contribution in [3.63, 3.8) is 0 Å². The minimum Gasteiger partial charge on any atom is -0.351 e. The second-order valence-electron chi connectivity index (χ2n) is 8.64. The predicted molar refractivity (Wildman–Crippen MR) is 144 cm³/mol. The lowest BCUT2D eigenvalue weighted by atomic mass is 9.99. The third-order valence-corrected chi connectivity index (χ3v) is 7.04. The standard InChI is InChI=1S/C27H24Cl2N4S/c1-17(2)18-8-11-20(12-9-18)33-26(25(31-27(33)34)22-6-3-4-14-30-22)24-7-5-15-32(24)23-13-10-19(28)16-21(23)29/h3-17,25-26H,1-2H3,(H,31,34)/t25-,26+/m1/s1. The van der Waals surface area contributed by atoms with Crippen LogP contribution in [0, 0.1) is 0 Å². The van der Waals surface area contributed by atoms with Crippen molar-refractivity contribution in [2.24, 2.45) is 0 Å². The van der Waals surface area contributed by atoms with Gasteiger partial charge < -0.3 is 14.8 Å². The number of nitrogens with zero attached hydrogens (tertiary/aromatic N) is 3. The minimum atomic E-state index is -0.144. The molecule has 4 nitrogen and oxygen atoms in total. The van der Waals surface area contributed by atoms with Crippen LogP contribution in [0.1, 0.15) is 48.8 Å². The van der Waals surface area contributed by atoms with E-state index in [2.05, 4.69) is 63.9 Å². The van der Waals surface area contributed by atoms with Crippen LogP contribution in [-0.4, -0.2) is 14.7 Å². The molecule has 4 aromatic rings. The summed E-state index contributed by atoms with van der Waals surface area (Å²) in [6.45, 7) is 4.39. The molecular formula is C27H24Cl2N4S. The summed E-state index contributed by atoms with van der Waals surface area (Å²) in [5.74, 6) is 0.457. The largest absolute Gasteiger partial charge is 0.351 e. The number of thiocarbonyl (C=S) groups is 1. The Morgan fingerprint density at radius 2 is 1.76 bits per heavy atom. The smallest absolute Gasteiger partial charge is 0.174 e. The minimum absolute atomic E-state index is 0.141. The molecule has 0 bridgehead atoms. The highest BCUT2D eigenvalue weighted by Gasteiger charge is 2.42. The molecule has 1 aliphatic rings. The number of halogens is 2. The van der Waals surface area contributed by atoms with Crippen molar-refractivity contribution in [2.75, 3.05) is 4.90 Å². The molecule has 2 atom stereocenters. The molecule has 7 heteroatoms. The molecule has 34 heavy (non-hydrogen) atoms. The molecule has 3 heterocycles. The van der Waals surface area contributed by atoms with E-state index in [9.17, 15) is 0 Å². The van der Waals surface area contributed by atoms with E-state index in [0.717, 1.165) is 22.8 Å². The first-order valence-corrected chi connectivity index (χ1v) is 12.3. The highest BCUT2D eigenvalue weighted by atomic mass is 35.5. The molecule has 1 N–H and O–H groups in total. The maximum Gasteiger partial charge on any atom is 0.174 e. The number of aromatic nitrogens is 2. The second kappa shape index (κ2) is 9.41. The van der Waals surface area contributed by atoms with Gasteiger partial charge in [-0.25, -0.2) is 0 Å². The molecule has 172 valence electrons. The highest BCUT2D eigenvalue weighted by molar-refractivity contribution is 7.80. The lowest BCUT2D eigenvalue weighted by molar-refractivity contribution is 0.549. The van der Waals surface area contributed by atoms with Gasteiger partial charge in [0.25, 0.3) is 0 Å². The van der Waals surface area contributed by atoms with Crippen molar-refractivity contribution < 1.29 is 0 Å². The maximum atomic E-state index is 6.61. The summed E-state index contributed by atoms with van der Waals surface area (Å²) in [6.07, 6.45) is 3.83. The Morgan fingerprint density at radius 3 is 2.44 bits per heavy atom. The van der Waals surface area contributed by atoms with E-state index in [1.807, 2.05) is 48.8 Å². The summed E-state index contributed by atoms with van der Waals surface area (Å²) in [4.78, 5) is 6.83. The maximum absolute atomic E-state index is 6.61. The number of anilines is 1. The summed E-state index contributed by atoms with van der Waals surface area (Å²) in [5, 5.41) is 5.37. The van der Waals surface area contributed by atoms with Crippen LogP contribution >= 0.6 is 35.4 Å². The molecule has 5 rings (SSSR count). The average molecular weight is 507 g/mol. The Kier molecular flexibility index (Phi) is 6.34. The molecule has 1 aliphatic heterocycles. The molecule has 2 aromatic heterocycles. The number of benzene rings is 2. The van der Waals surface area contributed by atoms with Gasteiger partial charge in [0.15, 0.2) is 5.11 Å². The molecule has 0 radical (unpaired) electrons. The lowest BCUT2D eigenvalue weighted by Gasteiger charge is -2.29. The summed E-state index contributed by atoms with van der Waals surface area (Å²) in [5.41, 5.74) is 5.14. The number of rotatable bonds is 5. The fourth-order valence-electron chi connectivity index (χ4n) is 4.48. The van der Waals surface area contributed by atoms with Crippen LogP contribution in [-0.2, 0) is 0 Å². The number of hydrogen-bond acceptors (Lipinski definition) is 2. The van der Waals surface area contributed by atoms with Gasteiger partial charge in [0.05, 0.1) is 22.4 Å². The second-order valence-corrected chi connectivity index (χ2v) is 9.87. The molecule has 0 spiro atoms. The normalized spacial score (nSPS) is 17.9. The molecule has 0 aliphatic carbocycles. The zero-order chi connectivity index (χ0) is 23.8. The van der Waals surface area contributed by atoms with Crippen LogP contribution in [0.3, 0.4) is 0 Å². The van der Waals surface area contributed by atoms with Crippen molar-refractivity contribution in [3.05, 3.63) is 112 Å². The van der Waals surface area contributed by atoms with Gasteiger partial charge in [0.2, 0.25) is 0 Å². The van der Waals surface area contributed by atoms with Crippen LogP contribution in [0.15, 0.2) is 85.2 Å². The van der Waals surface area contributed by atoms with E-state index in [-0.39, 0.29) is 12.1 Å². The zero-order valence-electron chi connectivity index (χ0n) is 18.8. The SMILES string of the molecule is CC(C)c1ccc(N2C(=S)N[C@H](c3ccccn3)[C@@H]2c2cccn2-c2ccc(Cl)cc2Cl)cc1. The zero-order valence-corrected chi connectivity index (χ0v) is 21.1. The molecule has 0 saturated carbocycles. The third kappa shape index (κ3) is 4.20. The number of hydrogen-bond donors (Lipinski definition) is 1. The quantitative estimate of drug-likeness (QED) is 0.284. The molecule has 0 unspecified atom stereocenters. The van der Waals surface area contributed by atoms with Gasteiger partial charge in [-0.3, -0.25) is 4.98 Å². The van der Waals surface area contributed by atoms with E-state index in [1.165, 1.54) is 5.56 Å². The Morgan fingerprint density at radius 1 is 0.971 bits per heavy atom. The number of pyridine rings is 1. The first kappa shape index (κ1) is 22.9. The van der Waals surface area contributed by atoms with Gasteiger partial charge in [0.1, 0.15) is 6.04 Å². The van der Waals surface area contributed by atoms with Gasteiger partial charge in [0, 0.05) is 28.8 Å². The fourth-order valence-corrected chi connectivity index (χ4v) is 5.33. The lowest BCUT2D eigenvalue weighted by Crippen LogP contribution is -2.30.